The standard InChI is InChI=1S/C21H27N3O5/c1-14(26)15-6-7-18(23-8-4-3-5-9-23)17(12-15)22-19-16(21(28)29-2)13-24(10-11-25)20(19)27/h6-7,12,22,25H,3-5,8-11,13H2,1-2H3. The van der Waals surface area contributed by atoms with E-state index in [-0.39, 0.29) is 42.7 Å². The van der Waals surface area contributed by atoms with E-state index in [4.69, 9.17) is 4.74 Å². The number of nitrogens with zero attached hydrogens (tertiary/aromatic N) is 2. The number of piperidine rings is 1. The highest BCUT2D eigenvalue weighted by atomic mass is 16.5. The molecule has 1 fully saturated rings. The number of benzene rings is 1. The molecule has 2 N–H and O–H groups in total. The lowest BCUT2D eigenvalue weighted by molar-refractivity contribution is -0.136. The van der Waals surface area contributed by atoms with Gasteiger partial charge in [0, 0.05) is 25.2 Å². The number of carbonyl (C=O) groups is 3. The lowest BCUT2D eigenvalue weighted by Crippen LogP contribution is -2.32. The Kier molecular flexibility index (Phi) is 6.53. The number of ether oxygens (including phenoxy) is 1. The first kappa shape index (κ1) is 20.9. The van der Waals surface area contributed by atoms with Gasteiger partial charge in [0.1, 0.15) is 5.70 Å². The van der Waals surface area contributed by atoms with Gasteiger partial charge in [-0.05, 0) is 44.4 Å². The van der Waals surface area contributed by atoms with Gasteiger partial charge in [-0.15, -0.1) is 0 Å². The van der Waals surface area contributed by atoms with Crippen LogP contribution in [-0.2, 0) is 14.3 Å². The number of amides is 1. The van der Waals surface area contributed by atoms with Crippen LogP contribution < -0.4 is 10.2 Å². The summed E-state index contributed by atoms with van der Waals surface area (Å²) in [7, 11) is 1.27. The van der Waals surface area contributed by atoms with Gasteiger partial charge in [0.15, 0.2) is 5.78 Å². The van der Waals surface area contributed by atoms with Crippen LogP contribution in [0.15, 0.2) is 29.5 Å². The van der Waals surface area contributed by atoms with Gasteiger partial charge in [0.25, 0.3) is 5.91 Å². The van der Waals surface area contributed by atoms with E-state index in [1.807, 2.05) is 6.07 Å². The Labute approximate surface area is 170 Å². The molecule has 2 aliphatic rings. The number of aliphatic hydroxyl groups is 1. The summed E-state index contributed by atoms with van der Waals surface area (Å²) >= 11 is 0. The summed E-state index contributed by atoms with van der Waals surface area (Å²) in [5.41, 5.74) is 2.36. The van der Waals surface area contributed by atoms with Crippen molar-refractivity contribution < 1.29 is 24.2 Å². The summed E-state index contributed by atoms with van der Waals surface area (Å²) in [5, 5.41) is 12.3. The van der Waals surface area contributed by atoms with Gasteiger partial charge in [0.05, 0.1) is 37.2 Å². The van der Waals surface area contributed by atoms with Crippen molar-refractivity contribution in [1.29, 1.82) is 0 Å². The summed E-state index contributed by atoms with van der Waals surface area (Å²) in [4.78, 5) is 40.6. The Bertz CT molecular complexity index is 843. The van der Waals surface area contributed by atoms with E-state index in [0.717, 1.165) is 31.6 Å². The highest BCUT2D eigenvalue weighted by Gasteiger charge is 2.35. The molecule has 0 spiro atoms. The largest absolute Gasteiger partial charge is 0.466 e. The number of methoxy groups -OCH3 is 1. The fourth-order valence-electron chi connectivity index (χ4n) is 3.75. The van der Waals surface area contributed by atoms with E-state index in [1.54, 1.807) is 12.1 Å². The molecule has 0 atom stereocenters. The molecule has 0 aromatic heterocycles. The molecule has 8 heteroatoms. The molecular weight excluding hydrogens is 374 g/mol. The lowest BCUT2D eigenvalue weighted by Gasteiger charge is -2.31. The quantitative estimate of drug-likeness (QED) is 0.528. The average Bonchev–Trinajstić information content (AvgIpc) is 3.04. The third-order valence-electron chi connectivity index (χ3n) is 5.31. The first-order valence-electron chi connectivity index (χ1n) is 9.84. The Morgan fingerprint density at radius 1 is 1.21 bits per heavy atom. The van der Waals surface area contributed by atoms with Gasteiger partial charge in [-0.3, -0.25) is 9.59 Å². The number of ketones is 1. The summed E-state index contributed by atoms with van der Waals surface area (Å²) in [6, 6.07) is 5.38. The zero-order valence-electron chi connectivity index (χ0n) is 16.9. The smallest absolute Gasteiger partial charge is 0.337 e. The number of hydrogen-bond donors (Lipinski definition) is 2. The third-order valence-corrected chi connectivity index (χ3v) is 5.31. The monoisotopic (exact) mass is 401 g/mol. The molecule has 2 heterocycles. The van der Waals surface area contributed by atoms with Gasteiger partial charge < -0.3 is 25.0 Å². The number of rotatable bonds is 7. The van der Waals surface area contributed by atoms with E-state index < -0.39 is 5.97 Å². The number of aliphatic hydroxyl groups excluding tert-OH is 1. The number of β-amino-alcohol motifs (C(OH)–C–C–N with tert-alkyl or cyclic N) is 1. The molecule has 2 aliphatic heterocycles. The molecule has 0 aliphatic carbocycles. The van der Waals surface area contributed by atoms with E-state index in [2.05, 4.69) is 10.2 Å². The second-order valence-electron chi connectivity index (χ2n) is 7.26. The van der Waals surface area contributed by atoms with Crippen LogP contribution in [0.2, 0.25) is 0 Å². The second kappa shape index (κ2) is 9.09. The van der Waals surface area contributed by atoms with Gasteiger partial charge in [-0.1, -0.05) is 0 Å². The van der Waals surface area contributed by atoms with Crippen LogP contribution in [0.1, 0.15) is 36.5 Å². The van der Waals surface area contributed by atoms with Gasteiger partial charge >= 0.3 is 5.97 Å². The number of Topliss-reactive ketones (excluding diaryl/α,β-unsaturated/α-hetero) is 1. The zero-order valence-corrected chi connectivity index (χ0v) is 16.9. The van der Waals surface area contributed by atoms with Crippen LogP contribution in [0, 0.1) is 0 Å². The van der Waals surface area contributed by atoms with Crippen molar-refractivity contribution in [3.63, 3.8) is 0 Å². The summed E-state index contributed by atoms with van der Waals surface area (Å²) in [5.74, 6) is -1.05. The molecule has 0 unspecified atom stereocenters. The third kappa shape index (κ3) is 4.42. The van der Waals surface area contributed by atoms with E-state index in [1.165, 1.54) is 25.4 Å². The number of hydrogen-bond acceptors (Lipinski definition) is 7. The molecular formula is C21H27N3O5. The minimum absolute atomic E-state index is 0.0693. The molecule has 156 valence electrons. The maximum Gasteiger partial charge on any atom is 0.337 e. The van der Waals surface area contributed by atoms with Crippen molar-refractivity contribution in [3.8, 4) is 0 Å². The first-order chi connectivity index (χ1) is 14.0. The van der Waals surface area contributed by atoms with Crippen molar-refractivity contribution in [2.24, 2.45) is 0 Å². The van der Waals surface area contributed by atoms with Gasteiger partial charge in [-0.2, -0.15) is 0 Å². The Hall–Kier alpha value is -2.87. The fraction of sp³-hybridized carbons (Fsp3) is 0.476. The normalized spacial score (nSPS) is 17.0. The first-order valence-corrected chi connectivity index (χ1v) is 9.84. The highest BCUT2D eigenvalue weighted by molar-refractivity contribution is 6.09. The molecule has 29 heavy (non-hydrogen) atoms. The summed E-state index contributed by atoms with van der Waals surface area (Å²) in [6.45, 7) is 3.26. The molecule has 1 aromatic rings. The van der Waals surface area contributed by atoms with Crippen LogP contribution in [0.5, 0.6) is 0 Å². The van der Waals surface area contributed by atoms with Crippen LogP contribution in [-0.4, -0.2) is 67.6 Å². The van der Waals surface area contributed by atoms with E-state index in [9.17, 15) is 19.5 Å². The van der Waals surface area contributed by atoms with Gasteiger partial charge in [-0.25, -0.2) is 4.79 Å². The zero-order chi connectivity index (χ0) is 21.0. The fourth-order valence-corrected chi connectivity index (χ4v) is 3.75. The highest BCUT2D eigenvalue weighted by Crippen LogP contribution is 2.33. The van der Waals surface area contributed by atoms with Crippen LogP contribution >= 0.6 is 0 Å². The van der Waals surface area contributed by atoms with Crippen molar-refractivity contribution >= 4 is 29.0 Å². The lowest BCUT2D eigenvalue weighted by atomic mass is 10.1. The summed E-state index contributed by atoms with van der Waals surface area (Å²) in [6.07, 6.45) is 3.33. The van der Waals surface area contributed by atoms with Crippen molar-refractivity contribution in [2.45, 2.75) is 26.2 Å². The maximum absolute atomic E-state index is 12.8. The van der Waals surface area contributed by atoms with Crippen LogP contribution in [0.3, 0.4) is 0 Å². The van der Waals surface area contributed by atoms with E-state index >= 15 is 0 Å². The topological polar surface area (TPSA) is 99.2 Å². The summed E-state index contributed by atoms with van der Waals surface area (Å²) < 4.78 is 4.84. The number of nitrogens with one attached hydrogen (secondary N) is 1. The molecule has 1 amide bonds. The van der Waals surface area contributed by atoms with Gasteiger partial charge in [0.2, 0.25) is 0 Å². The minimum Gasteiger partial charge on any atom is -0.466 e. The van der Waals surface area contributed by atoms with Crippen molar-refractivity contribution in [3.05, 3.63) is 35.0 Å². The van der Waals surface area contributed by atoms with Crippen LogP contribution in [0.4, 0.5) is 11.4 Å². The molecule has 8 nitrogen and oxygen atoms in total. The van der Waals surface area contributed by atoms with E-state index in [0.29, 0.717) is 11.3 Å². The number of esters is 1. The number of anilines is 2. The molecule has 0 saturated carbocycles. The second-order valence-corrected chi connectivity index (χ2v) is 7.26. The maximum atomic E-state index is 12.8. The average molecular weight is 401 g/mol. The minimum atomic E-state index is -0.594. The van der Waals surface area contributed by atoms with Crippen molar-refractivity contribution in [1.82, 2.24) is 4.90 Å². The number of carbonyl (C=O) groups excluding carboxylic acids is 3. The molecule has 0 radical (unpaired) electrons. The Morgan fingerprint density at radius 3 is 2.55 bits per heavy atom. The van der Waals surface area contributed by atoms with Crippen LogP contribution in [0.25, 0.3) is 0 Å². The molecule has 1 saturated heterocycles. The van der Waals surface area contributed by atoms with Crippen molar-refractivity contribution in [2.75, 3.05) is 50.1 Å². The Morgan fingerprint density at radius 2 is 1.93 bits per heavy atom. The molecule has 0 bridgehead atoms. The predicted octanol–water partition coefficient (Wildman–Crippen LogP) is 1.55. The Balaban J connectivity index is 2.01. The SMILES string of the molecule is COC(=O)C1=C(Nc2cc(C(C)=O)ccc2N2CCCCC2)C(=O)N(CCO)C1. The molecule has 3 rings (SSSR count). The predicted molar refractivity (Wildman–Crippen MR) is 109 cm³/mol. The molecule has 1 aromatic carbocycles.